The number of nitrogens with zero attached hydrogens (tertiary/aromatic N) is 2. The van der Waals surface area contributed by atoms with Crippen LogP contribution in [-0.4, -0.2) is 12.0 Å². The van der Waals surface area contributed by atoms with Crippen LogP contribution in [0.1, 0.15) is 23.7 Å². The zero-order valence-electron chi connectivity index (χ0n) is 11.6. The van der Waals surface area contributed by atoms with Gasteiger partial charge in [0.25, 0.3) is 0 Å². The van der Waals surface area contributed by atoms with Gasteiger partial charge in [-0.2, -0.15) is 0 Å². The van der Waals surface area contributed by atoms with Crippen LogP contribution in [-0.2, 0) is 19.5 Å². The molecule has 0 spiro atoms. The van der Waals surface area contributed by atoms with Gasteiger partial charge in [-0.25, -0.2) is 4.98 Å². The molecule has 3 nitrogen and oxygen atoms in total. The van der Waals surface area contributed by atoms with E-state index in [1.165, 1.54) is 11.1 Å². The lowest BCUT2D eigenvalue weighted by Gasteiger charge is -2.19. The molecule has 2 aromatic rings. The predicted molar refractivity (Wildman–Crippen MR) is 80.1 cm³/mol. The van der Waals surface area contributed by atoms with Crippen molar-refractivity contribution in [3.8, 4) is 0 Å². The van der Waals surface area contributed by atoms with Crippen LogP contribution in [0.5, 0.6) is 0 Å². The fourth-order valence-corrected chi connectivity index (χ4v) is 2.03. The molecule has 0 amide bonds. The molecule has 1 heterocycles. The van der Waals surface area contributed by atoms with Gasteiger partial charge in [0.05, 0.1) is 5.69 Å². The van der Waals surface area contributed by atoms with Crippen molar-refractivity contribution in [2.75, 3.05) is 11.9 Å². The van der Waals surface area contributed by atoms with Crippen LogP contribution in [0.3, 0.4) is 0 Å². The number of nitrogens with two attached hydrogens (primary N) is 1. The Balaban J connectivity index is 2.08. The second kappa shape index (κ2) is 6.34. The minimum atomic E-state index is 0.479. The van der Waals surface area contributed by atoms with Crippen LogP contribution in [0.15, 0.2) is 42.5 Å². The van der Waals surface area contributed by atoms with Gasteiger partial charge in [0.2, 0.25) is 0 Å². The highest BCUT2D eigenvalue weighted by Crippen LogP contribution is 2.14. The first-order valence-corrected chi connectivity index (χ1v) is 6.68. The van der Waals surface area contributed by atoms with Gasteiger partial charge in [-0.3, -0.25) is 0 Å². The van der Waals surface area contributed by atoms with E-state index >= 15 is 0 Å². The van der Waals surface area contributed by atoms with Gasteiger partial charge in [0, 0.05) is 20.1 Å². The Hall–Kier alpha value is -1.87. The van der Waals surface area contributed by atoms with Crippen LogP contribution in [0.4, 0.5) is 5.82 Å². The Kier molecular flexibility index (Phi) is 4.53. The number of aryl methyl sites for hydroxylation is 1. The maximum Gasteiger partial charge on any atom is 0.128 e. The largest absolute Gasteiger partial charge is 0.355 e. The van der Waals surface area contributed by atoms with Gasteiger partial charge in [-0.05, 0) is 29.7 Å². The molecule has 0 aliphatic heterocycles. The Labute approximate surface area is 115 Å². The molecule has 3 heteroatoms. The van der Waals surface area contributed by atoms with E-state index in [1.807, 2.05) is 18.2 Å². The van der Waals surface area contributed by atoms with Gasteiger partial charge in [-0.15, -0.1) is 0 Å². The first kappa shape index (κ1) is 13.6. The summed E-state index contributed by atoms with van der Waals surface area (Å²) in [5.41, 5.74) is 9.21. The summed E-state index contributed by atoms with van der Waals surface area (Å²) in [5.74, 6) is 0.961. The molecular weight excluding hydrogens is 234 g/mol. The number of anilines is 1. The van der Waals surface area contributed by atoms with Crippen LogP contribution in [0.2, 0.25) is 0 Å². The lowest BCUT2D eigenvalue weighted by molar-refractivity contribution is 0.877. The van der Waals surface area contributed by atoms with E-state index in [-0.39, 0.29) is 0 Å². The van der Waals surface area contributed by atoms with Crippen molar-refractivity contribution in [3.63, 3.8) is 0 Å². The van der Waals surface area contributed by atoms with Crippen molar-refractivity contribution in [3.05, 3.63) is 59.3 Å². The number of pyridine rings is 1. The molecule has 100 valence electrons. The monoisotopic (exact) mass is 255 g/mol. The Morgan fingerprint density at radius 3 is 2.37 bits per heavy atom. The molecule has 1 aromatic carbocycles. The second-order valence-electron chi connectivity index (χ2n) is 4.72. The summed E-state index contributed by atoms with van der Waals surface area (Å²) in [6, 6.07) is 14.7. The van der Waals surface area contributed by atoms with Gasteiger partial charge in [-0.1, -0.05) is 37.3 Å². The van der Waals surface area contributed by atoms with E-state index in [0.29, 0.717) is 6.54 Å². The molecule has 0 saturated heterocycles. The molecule has 0 saturated carbocycles. The molecule has 0 aliphatic rings. The number of benzene rings is 1. The van der Waals surface area contributed by atoms with Crippen LogP contribution >= 0.6 is 0 Å². The van der Waals surface area contributed by atoms with Crippen molar-refractivity contribution < 1.29 is 0 Å². The summed E-state index contributed by atoms with van der Waals surface area (Å²) in [6.07, 6.45) is 1.08. The number of rotatable bonds is 5. The Morgan fingerprint density at radius 1 is 1.05 bits per heavy atom. The molecule has 0 bridgehead atoms. The van der Waals surface area contributed by atoms with Crippen LogP contribution < -0.4 is 10.6 Å². The highest BCUT2D eigenvalue weighted by atomic mass is 15.2. The van der Waals surface area contributed by atoms with Gasteiger partial charge >= 0.3 is 0 Å². The molecule has 19 heavy (non-hydrogen) atoms. The van der Waals surface area contributed by atoms with E-state index in [0.717, 1.165) is 24.5 Å². The SMILES string of the molecule is CCc1ccc(CN(C)c2cccc(CN)n2)cc1. The molecule has 2 N–H and O–H groups in total. The predicted octanol–water partition coefficient (Wildman–Crippen LogP) is 2.74. The quantitative estimate of drug-likeness (QED) is 0.893. The fraction of sp³-hybridized carbons (Fsp3) is 0.312. The smallest absolute Gasteiger partial charge is 0.128 e. The maximum atomic E-state index is 5.62. The lowest BCUT2D eigenvalue weighted by atomic mass is 10.1. The van der Waals surface area contributed by atoms with E-state index in [9.17, 15) is 0 Å². The molecule has 0 atom stereocenters. The average molecular weight is 255 g/mol. The second-order valence-corrected chi connectivity index (χ2v) is 4.72. The number of aromatic nitrogens is 1. The summed E-state index contributed by atoms with van der Waals surface area (Å²) < 4.78 is 0. The normalized spacial score (nSPS) is 10.5. The molecule has 2 rings (SSSR count). The number of hydrogen-bond donors (Lipinski definition) is 1. The highest BCUT2D eigenvalue weighted by Gasteiger charge is 2.04. The molecule has 0 aliphatic carbocycles. The van der Waals surface area contributed by atoms with Crippen LogP contribution in [0, 0.1) is 0 Å². The first-order valence-electron chi connectivity index (χ1n) is 6.68. The van der Waals surface area contributed by atoms with E-state index in [2.05, 4.69) is 48.1 Å². The number of hydrogen-bond acceptors (Lipinski definition) is 3. The standard InChI is InChI=1S/C16H21N3/c1-3-13-7-9-14(10-8-13)12-19(2)16-6-4-5-15(11-17)18-16/h4-10H,3,11-12,17H2,1-2H3. The molecule has 0 fully saturated rings. The lowest BCUT2D eigenvalue weighted by Crippen LogP contribution is -2.18. The summed E-state index contributed by atoms with van der Waals surface area (Å²) in [7, 11) is 2.05. The van der Waals surface area contributed by atoms with E-state index < -0.39 is 0 Å². The summed E-state index contributed by atoms with van der Waals surface area (Å²) in [5, 5.41) is 0. The van der Waals surface area contributed by atoms with E-state index in [4.69, 9.17) is 5.73 Å². The average Bonchev–Trinajstić information content (AvgIpc) is 2.48. The minimum absolute atomic E-state index is 0.479. The Morgan fingerprint density at radius 2 is 1.74 bits per heavy atom. The highest BCUT2D eigenvalue weighted by molar-refractivity contribution is 5.39. The summed E-state index contributed by atoms with van der Waals surface area (Å²) in [4.78, 5) is 6.66. The van der Waals surface area contributed by atoms with Crippen molar-refractivity contribution in [1.29, 1.82) is 0 Å². The molecule has 0 unspecified atom stereocenters. The zero-order valence-corrected chi connectivity index (χ0v) is 11.6. The van der Waals surface area contributed by atoms with Gasteiger partial charge < -0.3 is 10.6 Å². The fourth-order valence-electron chi connectivity index (χ4n) is 2.03. The van der Waals surface area contributed by atoms with Crippen molar-refractivity contribution in [2.45, 2.75) is 26.4 Å². The topological polar surface area (TPSA) is 42.1 Å². The molecular formula is C16H21N3. The summed E-state index contributed by atoms with van der Waals surface area (Å²) >= 11 is 0. The molecule has 1 aromatic heterocycles. The van der Waals surface area contributed by atoms with E-state index in [1.54, 1.807) is 0 Å². The third kappa shape index (κ3) is 3.55. The van der Waals surface area contributed by atoms with Gasteiger partial charge in [0.1, 0.15) is 5.82 Å². The Bertz CT molecular complexity index is 520. The third-order valence-electron chi connectivity index (χ3n) is 3.24. The van der Waals surface area contributed by atoms with Crippen molar-refractivity contribution in [1.82, 2.24) is 4.98 Å². The minimum Gasteiger partial charge on any atom is -0.355 e. The first-order chi connectivity index (χ1) is 9.22. The molecule has 0 radical (unpaired) electrons. The third-order valence-corrected chi connectivity index (χ3v) is 3.24. The summed E-state index contributed by atoms with van der Waals surface area (Å²) in [6.45, 7) is 3.50. The van der Waals surface area contributed by atoms with Crippen LogP contribution in [0.25, 0.3) is 0 Å². The maximum absolute atomic E-state index is 5.62. The van der Waals surface area contributed by atoms with Crippen molar-refractivity contribution >= 4 is 5.82 Å². The van der Waals surface area contributed by atoms with Crippen molar-refractivity contribution in [2.24, 2.45) is 5.73 Å². The van der Waals surface area contributed by atoms with Gasteiger partial charge in [0.15, 0.2) is 0 Å². The zero-order chi connectivity index (χ0) is 13.7.